The van der Waals surface area contributed by atoms with Gasteiger partial charge in [-0.1, -0.05) is 63.8 Å². The molecule has 1 aliphatic heterocycles. The predicted molar refractivity (Wildman–Crippen MR) is 201 cm³/mol. The van der Waals surface area contributed by atoms with Crippen molar-refractivity contribution >= 4 is 44.7 Å². The van der Waals surface area contributed by atoms with Crippen molar-refractivity contribution in [1.82, 2.24) is 25.2 Å². The number of methoxy groups -OCH3 is 1. The summed E-state index contributed by atoms with van der Waals surface area (Å²) in [7, 11) is -2.36. The number of aromatic nitrogens is 1. The number of amides is 4. The second-order valence-corrected chi connectivity index (χ2v) is 16.9. The van der Waals surface area contributed by atoms with Gasteiger partial charge in [0.15, 0.2) is 0 Å². The second kappa shape index (κ2) is 14.8. The highest BCUT2D eigenvalue weighted by Crippen LogP contribution is 2.46. The molecule has 2 aliphatic carbocycles. The van der Waals surface area contributed by atoms with Gasteiger partial charge in [-0.05, 0) is 36.8 Å². The number of alkyl carbamates (subject to hydrolysis) is 1. The average molecular weight is 760 g/mol. The highest BCUT2D eigenvalue weighted by Gasteiger charge is 2.62. The zero-order chi connectivity index (χ0) is 39.0. The van der Waals surface area contributed by atoms with Gasteiger partial charge in [0.25, 0.3) is 5.91 Å². The fourth-order valence-electron chi connectivity index (χ4n) is 6.77. The summed E-state index contributed by atoms with van der Waals surface area (Å²) in [4.78, 5) is 61.1. The molecular weight excluding hydrogens is 715 g/mol. The molecular formula is C39H45N5O9S. The van der Waals surface area contributed by atoms with Crippen LogP contribution in [0, 0.1) is 11.3 Å². The average Bonchev–Trinajstić information content (AvgIpc) is 4.06. The third kappa shape index (κ3) is 7.91. The van der Waals surface area contributed by atoms with Gasteiger partial charge in [0.1, 0.15) is 35.2 Å². The molecule has 5 atom stereocenters. The molecule has 1 aromatic heterocycles. The Hall–Kier alpha value is -5.44. The molecule has 2 unspecified atom stereocenters. The minimum Gasteiger partial charge on any atom is -0.497 e. The van der Waals surface area contributed by atoms with Crippen molar-refractivity contribution in [2.75, 3.05) is 13.7 Å². The Bertz CT molecular complexity index is 2100. The normalized spacial score (nSPS) is 22.7. The van der Waals surface area contributed by atoms with Crippen LogP contribution in [0.2, 0.25) is 0 Å². The Morgan fingerprint density at radius 2 is 1.78 bits per heavy atom. The summed E-state index contributed by atoms with van der Waals surface area (Å²) >= 11 is 0. The van der Waals surface area contributed by atoms with Crippen LogP contribution in [0.15, 0.2) is 80.1 Å². The summed E-state index contributed by atoms with van der Waals surface area (Å²) in [5.41, 5.74) is -0.351. The summed E-state index contributed by atoms with van der Waals surface area (Å²) < 4.78 is 44.6. The van der Waals surface area contributed by atoms with E-state index in [1.807, 2.05) is 36.4 Å². The van der Waals surface area contributed by atoms with Crippen molar-refractivity contribution in [2.45, 2.75) is 75.4 Å². The number of nitrogens with one attached hydrogen (secondary N) is 3. The van der Waals surface area contributed by atoms with Crippen LogP contribution in [-0.2, 0) is 29.1 Å². The molecule has 2 aromatic carbocycles. The number of hydrogen-bond donors (Lipinski definition) is 3. The van der Waals surface area contributed by atoms with Crippen molar-refractivity contribution in [2.24, 2.45) is 11.3 Å². The highest BCUT2D eigenvalue weighted by molar-refractivity contribution is 7.91. The van der Waals surface area contributed by atoms with Gasteiger partial charge in [-0.2, -0.15) is 0 Å². The lowest BCUT2D eigenvalue weighted by molar-refractivity contribution is -0.142. The zero-order valence-corrected chi connectivity index (χ0v) is 31.5. The number of rotatable bonds is 13. The highest BCUT2D eigenvalue weighted by atomic mass is 32.2. The molecule has 4 amide bonds. The van der Waals surface area contributed by atoms with Gasteiger partial charge in [0.05, 0.1) is 36.4 Å². The van der Waals surface area contributed by atoms with Crippen LogP contribution in [-0.4, -0.2) is 84.7 Å². The molecule has 1 saturated heterocycles. The number of pyridine rings is 1. The summed E-state index contributed by atoms with van der Waals surface area (Å²) in [6.45, 7) is 12.4. The number of sulfonamides is 1. The van der Waals surface area contributed by atoms with E-state index >= 15 is 0 Å². The topological polar surface area (TPSA) is 182 Å². The lowest BCUT2D eigenvalue weighted by Gasteiger charge is -2.35. The van der Waals surface area contributed by atoms with Gasteiger partial charge >= 0.3 is 6.09 Å². The Kier molecular flexibility index (Phi) is 10.5. The van der Waals surface area contributed by atoms with Crippen LogP contribution in [0.1, 0.15) is 46.5 Å². The number of fused-ring (bicyclic) bond motifs is 1. The van der Waals surface area contributed by atoms with Crippen LogP contribution < -0.4 is 24.8 Å². The third-order valence-electron chi connectivity index (χ3n) is 10.0. The van der Waals surface area contributed by atoms with Crippen molar-refractivity contribution < 1.29 is 41.8 Å². The number of carbonyl (C=O) groups is 4. The van der Waals surface area contributed by atoms with Gasteiger partial charge in [-0.15, -0.1) is 6.58 Å². The maximum atomic E-state index is 14.5. The van der Waals surface area contributed by atoms with E-state index in [1.165, 1.54) is 11.0 Å². The molecule has 54 heavy (non-hydrogen) atoms. The van der Waals surface area contributed by atoms with E-state index in [1.54, 1.807) is 46.1 Å². The maximum absolute atomic E-state index is 14.5. The first-order chi connectivity index (χ1) is 25.6. The summed E-state index contributed by atoms with van der Waals surface area (Å²) in [5.74, 6) is -1.62. The second-order valence-electron chi connectivity index (χ2n) is 14.9. The molecule has 2 saturated carbocycles. The van der Waals surface area contributed by atoms with Crippen molar-refractivity contribution in [3.05, 3.63) is 80.1 Å². The molecule has 3 aliphatic rings. The standard InChI is InChI=1S/C39H45N5O9S/c1-7-24-21-39(24,36(47)43-54(49,50)27-15-16-27)42-34(45)31-19-26(22-44(31)35(46)33(38(3,4)5)41-37(48)52-8-2)53-32-20-29(23-12-10-9-11-13-23)40-30-18-25(51-6)14-17-28(30)32/h7-14,17-18,20,24,26-27,31,33H,1-2,15-16,19,21-22H2,3-6H3,(H,41,48)(H,42,45)(H,43,47)/t24?,26-,31+,33-,39?/m1/s1. The fourth-order valence-corrected chi connectivity index (χ4v) is 8.14. The molecule has 3 fully saturated rings. The lowest BCUT2D eigenvalue weighted by atomic mass is 9.85. The monoisotopic (exact) mass is 759 g/mol. The van der Waals surface area contributed by atoms with Crippen LogP contribution >= 0.6 is 0 Å². The van der Waals surface area contributed by atoms with Crippen molar-refractivity contribution in [3.63, 3.8) is 0 Å². The minimum absolute atomic E-state index is 0.00299. The molecule has 0 spiro atoms. The summed E-state index contributed by atoms with van der Waals surface area (Å²) in [5, 5.41) is 5.40. The number of likely N-dealkylation sites (tertiary alicyclic amines) is 1. The Morgan fingerprint density at radius 3 is 2.39 bits per heavy atom. The van der Waals surface area contributed by atoms with Crippen molar-refractivity contribution in [3.8, 4) is 22.8 Å². The number of benzene rings is 2. The number of hydrogen-bond acceptors (Lipinski definition) is 10. The van der Waals surface area contributed by atoms with E-state index in [4.69, 9.17) is 19.2 Å². The molecule has 3 aromatic rings. The molecule has 0 radical (unpaired) electrons. The molecule has 286 valence electrons. The maximum Gasteiger partial charge on any atom is 0.412 e. The molecule has 2 heterocycles. The van der Waals surface area contributed by atoms with E-state index in [2.05, 4.69) is 28.5 Å². The molecule has 14 nitrogen and oxygen atoms in total. The predicted octanol–water partition coefficient (Wildman–Crippen LogP) is 4.21. The Morgan fingerprint density at radius 1 is 1.06 bits per heavy atom. The van der Waals surface area contributed by atoms with Crippen LogP contribution in [0.3, 0.4) is 0 Å². The van der Waals surface area contributed by atoms with Crippen LogP contribution in [0.5, 0.6) is 11.5 Å². The van der Waals surface area contributed by atoms with E-state index in [0.717, 1.165) is 11.8 Å². The number of ether oxygens (including phenoxy) is 3. The first-order valence-electron chi connectivity index (χ1n) is 17.7. The molecule has 15 heteroatoms. The molecule has 3 N–H and O–H groups in total. The summed E-state index contributed by atoms with van der Waals surface area (Å²) in [6, 6.07) is 14.4. The smallest absolute Gasteiger partial charge is 0.412 e. The van der Waals surface area contributed by atoms with Gasteiger partial charge in [-0.25, -0.2) is 18.2 Å². The number of nitrogens with zero attached hydrogens (tertiary/aromatic N) is 2. The van der Waals surface area contributed by atoms with Gasteiger partial charge in [0, 0.05) is 35.4 Å². The summed E-state index contributed by atoms with van der Waals surface area (Å²) in [6.07, 6.45) is 1.81. The van der Waals surface area contributed by atoms with E-state index < -0.39 is 74.1 Å². The van der Waals surface area contributed by atoms with Crippen LogP contribution in [0.4, 0.5) is 4.79 Å². The minimum atomic E-state index is -3.92. The Balaban J connectivity index is 1.34. The first-order valence-corrected chi connectivity index (χ1v) is 19.2. The largest absolute Gasteiger partial charge is 0.497 e. The van der Waals surface area contributed by atoms with Crippen molar-refractivity contribution in [1.29, 1.82) is 0 Å². The first kappa shape index (κ1) is 38.3. The SMILES string of the molecule is C=COC(=O)N[C@H](C(=O)N1C[C@H](Oc2cc(-c3ccccc3)nc3cc(OC)ccc23)C[C@H]1C(=O)NC1(C(=O)NS(=O)(=O)C2CC2)CC1C=C)C(C)(C)C. The zero-order valence-electron chi connectivity index (χ0n) is 30.7. The fraction of sp³-hybridized carbons (Fsp3) is 0.410. The van der Waals surface area contributed by atoms with E-state index in [0.29, 0.717) is 40.9 Å². The Labute approximate surface area is 314 Å². The molecule has 6 rings (SSSR count). The van der Waals surface area contributed by atoms with E-state index in [-0.39, 0.29) is 19.4 Å². The third-order valence-corrected chi connectivity index (χ3v) is 11.8. The van der Waals surface area contributed by atoms with Gasteiger partial charge in [0.2, 0.25) is 21.8 Å². The van der Waals surface area contributed by atoms with Gasteiger partial charge < -0.3 is 29.7 Å². The molecule has 0 bridgehead atoms. The van der Waals surface area contributed by atoms with E-state index in [9.17, 15) is 27.6 Å². The van der Waals surface area contributed by atoms with Gasteiger partial charge in [-0.3, -0.25) is 19.1 Å². The number of carbonyl (C=O) groups excluding carboxylic acids is 4. The quantitative estimate of drug-likeness (QED) is 0.169. The lowest BCUT2D eigenvalue weighted by Crippen LogP contribution is -2.60. The van der Waals surface area contributed by atoms with Crippen LogP contribution in [0.25, 0.3) is 22.2 Å².